The average Bonchev–Trinajstić information content (AvgIpc) is 3.06. The highest BCUT2D eigenvalue weighted by molar-refractivity contribution is 5.96. The number of hydrogen-bond acceptors (Lipinski definition) is 3. The number of nitrogens with one attached hydrogen (secondary N) is 1. The molecule has 1 atom stereocenters. The minimum absolute atomic E-state index is 0.00622. The Morgan fingerprint density at radius 3 is 2.92 bits per heavy atom. The molecule has 6 nitrogen and oxygen atoms in total. The summed E-state index contributed by atoms with van der Waals surface area (Å²) in [6, 6.07) is 1.76. The predicted molar refractivity (Wildman–Crippen MR) is 94.8 cm³/mol. The van der Waals surface area contributed by atoms with Gasteiger partial charge in [-0.05, 0) is 51.0 Å². The number of carbonyl (C=O) groups excluding carboxylic acids is 1. The van der Waals surface area contributed by atoms with Crippen LogP contribution in [0, 0.1) is 6.92 Å². The van der Waals surface area contributed by atoms with Crippen LogP contribution >= 0.6 is 0 Å². The Labute approximate surface area is 146 Å². The molecule has 2 aromatic rings. The fourth-order valence-corrected chi connectivity index (χ4v) is 4.24. The molecule has 0 radical (unpaired) electrons. The van der Waals surface area contributed by atoms with Crippen LogP contribution in [0.5, 0.6) is 0 Å². The van der Waals surface area contributed by atoms with Crippen molar-refractivity contribution in [2.45, 2.75) is 51.5 Å². The van der Waals surface area contributed by atoms with Crippen molar-refractivity contribution in [2.24, 2.45) is 0 Å². The topological polar surface area (TPSA) is 71.0 Å². The minimum atomic E-state index is -0.164. The van der Waals surface area contributed by atoms with Gasteiger partial charge in [0, 0.05) is 42.8 Å². The van der Waals surface area contributed by atoms with E-state index in [1.165, 1.54) is 6.07 Å². The number of fused-ring (bicyclic) bond motifs is 1. The molecule has 0 saturated carbocycles. The van der Waals surface area contributed by atoms with Crippen molar-refractivity contribution in [3.63, 3.8) is 0 Å². The molecule has 0 spiro atoms. The number of likely N-dealkylation sites (tertiary alicyclic amines) is 1. The molecule has 3 heterocycles. The molecule has 1 amide bonds. The van der Waals surface area contributed by atoms with Crippen molar-refractivity contribution in [1.82, 2.24) is 19.4 Å². The fourth-order valence-electron chi connectivity index (χ4n) is 4.24. The second-order valence-corrected chi connectivity index (χ2v) is 7.14. The summed E-state index contributed by atoms with van der Waals surface area (Å²) in [4.78, 5) is 34.3. The third-order valence-electron chi connectivity index (χ3n) is 5.51. The van der Waals surface area contributed by atoms with E-state index in [1.54, 1.807) is 0 Å². The number of hydrogen-bond donors (Lipinski definition) is 1. The summed E-state index contributed by atoms with van der Waals surface area (Å²) in [5.41, 5.74) is 2.46. The lowest BCUT2D eigenvalue weighted by atomic mass is 9.91. The summed E-state index contributed by atoms with van der Waals surface area (Å²) in [6.07, 6.45) is 9.72. The summed E-state index contributed by atoms with van der Waals surface area (Å²) in [7, 11) is 0. The summed E-state index contributed by atoms with van der Waals surface area (Å²) in [5, 5.41) is 0. The molecule has 1 aliphatic heterocycles. The van der Waals surface area contributed by atoms with E-state index in [1.807, 2.05) is 24.2 Å². The van der Waals surface area contributed by atoms with Gasteiger partial charge in [-0.2, -0.15) is 0 Å². The molecule has 0 bridgehead atoms. The number of H-pyrrole nitrogens is 1. The second-order valence-electron chi connectivity index (χ2n) is 7.14. The molecular weight excluding hydrogens is 316 g/mol. The van der Waals surface area contributed by atoms with Gasteiger partial charge in [0.2, 0.25) is 5.56 Å². The third-order valence-corrected chi connectivity index (χ3v) is 5.51. The molecular formula is C19H24N4O2. The SMILES string of the molecule is Cc1nccn1C1CCCN(C(=O)c2cc(=O)[nH]c3c2CCCC3)C1. The van der Waals surface area contributed by atoms with Crippen molar-refractivity contribution in [3.8, 4) is 0 Å². The van der Waals surface area contributed by atoms with E-state index in [0.29, 0.717) is 12.1 Å². The molecule has 25 heavy (non-hydrogen) atoms. The Morgan fingerprint density at radius 2 is 2.12 bits per heavy atom. The van der Waals surface area contributed by atoms with Gasteiger partial charge in [0.05, 0.1) is 6.04 Å². The molecule has 132 valence electrons. The van der Waals surface area contributed by atoms with Crippen molar-refractivity contribution in [2.75, 3.05) is 13.1 Å². The minimum Gasteiger partial charge on any atom is -0.337 e. The second kappa shape index (κ2) is 6.50. The van der Waals surface area contributed by atoms with E-state index < -0.39 is 0 Å². The van der Waals surface area contributed by atoms with Crippen molar-refractivity contribution in [3.05, 3.63) is 51.5 Å². The Hall–Kier alpha value is -2.37. The van der Waals surface area contributed by atoms with Gasteiger partial charge in [0.15, 0.2) is 0 Å². The maximum absolute atomic E-state index is 13.2. The molecule has 4 rings (SSSR count). The number of aryl methyl sites for hydroxylation is 2. The van der Waals surface area contributed by atoms with Crippen molar-refractivity contribution in [1.29, 1.82) is 0 Å². The molecule has 2 aliphatic rings. The number of nitrogens with zero attached hydrogens (tertiary/aromatic N) is 3. The first-order valence-electron chi connectivity index (χ1n) is 9.17. The zero-order valence-corrected chi connectivity index (χ0v) is 14.6. The molecule has 1 N–H and O–H groups in total. The number of imidazole rings is 1. The number of aromatic amines is 1. The summed E-state index contributed by atoms with van der Waals surface area (Å²) < 4.78 is 2.16. The van der Waals surface area contributed by atoms with Crippen molar-refractivity contribution >= 4 is 5.91 Å². The van der Waals surface area contributed by atoms with Crippen LogP contribution in [-0.4, -0.2) is 38.4 Å². The lowest BCUT2D eigenvalue weighted by Crippen LogP contribution is -2.41. The summed E-state index contributed by atoms with van der Waals surface area (Å²) in [6.45, 7) is 3.43. The number of carbonyl (C=O) groups is 1. The van der Waals surface area contributed by atoms with Gasteiger partial charge in [-0.3, -0.25) is 9.59 Å². The van der Waals surface area contributed by atoms with Crippen LogP contribution in [0.15, 0.2) is 23.3 Å². The van der Waals surface area contributed by atoms with Gasteiger partial charge >= 0.3 is 0 Å². The zero-order valence-electron chi connectivity index (χ0n) is 14.6. The molecule has 2 aromatic heterocycles. The maximum Gasteiger partial charge on any atom is 0.254 e. The number of piperidine rings is 1. The molecule has 1 saturated heterocycles. The highest BCUT2D eigenvalue weighted by Crippen LogP contribution is 2.27. The van der Waals surface area contributed by atoms with E-state index in [4.69, 9.17) is 0 Å². The standard InChI is InChI=1S/C19H24N4O2/c1-13-20-8-10-23(13)14-5-4-9-22(12-14)19(25)16-11-18(24)21-17-7-3-2-6-15(16)17/h8,10-11,14H,2-7,9,12H2,1H3,(H,21,24). The third kappa shape index (κ3) is 3.01. The maximum atomic E-state index is 13.2. The number of aromatic nitrogens is 3. The Balaban J connectivity index is 1.62. The van der Waals surface area contributed by atoms with Crippen LogP contribution in [0.4, 0.5) is 0 Å². The molecule has 1 unspecified atom stereocenters. The predicted octanol–water partition coefficient (Wildman–Crippen LogP) is 2.24. The first kappa shape index (κ1) is 16.1. The molecule has 1 fully saturated rings. The highest BCUT2D eigenvalue weighted by Gasteiger charge is 2.28. The molecule has 0 aromatic carbocycles. The average molecular weight is 340 g/mol. The van der Waals surface area contributed by atoms with Crippen LogP contribution in [0.3, 0.4) is 0 Å². The van der Waals surface area contributed by atoms with Gasteiger partial charge in [-0.15, -0.1) is 0 Å². The Kier molecular flexibility index (Phi) is 4.19. The van der Waals surface area contributed by atoms with Gasteiger partial charge in [-0.25, -0.2) is 4.98 Å². The van der Waals surface area contributed by atoms with Gasteiger partial charge in [0.25, 0.3) is 5.91 Å². The van der Waals surface area contributed by atoms with E-state index in [0.717, 1.165) is 62.2 Å². The van der Waals surface area contributed by atoms with Crippen LogP contribution in [0.2, 0.25) is 0 Å². The number of pyridine rings is 1. The summed E-state index contributed by atoms with van der Waals surface area (Å²) >= 11 is 0. The van der Waals surface area contributed by atoms with E-state index in [9.17, 15) is 9.59 Å². The first-order valence-corrected chi connectivity index (χ1v) is 9.17. The Bertz CT molecular complexity index is 851. The van der Waals surface area contributed by atoms with Gasteiger partial charge in [-0.1, -0.05) is 0 Å². The quantitative estimate of drug-likeness (QED) is 0.911. The normalized spacial score (nSPS) is 20.4. The lowest BCUT2D eigenvalue weighted by molar-refractivity contribution is 0.0676. The van der Waals surface area contributed by atoms with E-state index in [2.05, 4.69) is 14.5 Å². The smallest absolute Gasteiger partial charge is 0.254 e. The van der Waals surface area contributed by atoms with Crippen LogP contribution < -0.4 is 5.56 Å². The van der Waals surface area contributed by atoms with Gasteiger partial charge < -0.3 is 14.5 Å². The lowest BCUT2D eigenvalue weighted by Gasteiger charge is -2.34. The largest absolute Gasteiger partial charge is 0.337 e. The van der Waals surface area contributed by atoms with Crippen molar-refractivity contribution < 1.29 is 4.79 Å². The van der Waals surface area contributed by atoms with E-state index >= 15 is 0 Å². The van der Waals surface area contributed by atoms with E-state index in [-0.39, 0.29) is 17.5 Å². The highest BCUT2D eigenvalue weighted by atomic mass is 16.2. The fraction of sp³-hybridized carbons (Fsp3) is 0.526. The number of amides is 1. The molecule has 6 heteroatoms. The number of rotatable bonds is 2. The van der Waals surface area contributed by atoms with Gasteiger partial charge in [0.1, 0.15) is 5.82 Å². The zero-order chi connectivity index (χ0) is 17.4. The monoisotopic (exact) mass is 340 g/mol. The van der Waals surface area contributed by atoms with Crippen LogP contribution in [-0.2, 0) is 12.8 Å². The van der Waals surface area contributed by atoms with Crippen LogP contribution in [0.25, 0.3) is 0 Å². The first-order chi connectivity index (χ1) is 12.1. The Morgan fingerprint density at radius 1 is 1.28 bits per heavy atom. The van der Waals surface area contributed by atoms with Crippen LogP contribution in [0.1, 0.15) is 59.2 Å². The summed E-state index contributed by atoms with van der Waals surface area (Å²) in [5.74, 6) is 0.986. The molecule has 1 aliphatic carbocycles.